The number of hydrogen-bond acceptors (Lipinski definition) is 3. The second-order valence-electron chi connectivity index (χ2n) is 9.28. The van der Waals surface area contributed by atoms with Crippen molar-refractivity contribution in [2.75, 3.05) is 18.4 Å². The molecule has 0 aromatic heterocycles. The van der Waals surface area contributed by atoms with Crippen LogP contribution in [0.25, 0.3) is 0 Å². The van der Waals surface area contributed by atoms with Crippen LogP contribution in [0.2, 0.25) is 0 Å². The van der Waals surface area contributed by atoms with E-state index in [0.717, 1.165) is 6.54 Å². The fourth-order valence-corrected chi connectivity index (χ4v) is 8.87. The number of hydrogen-bond donors (Lipinski definition) is 2. The Bertz CT molecular complexity index is 749. The van der Waals surface area contributed by atoms with Crippen molar-refractivity contribution < 1.29 is 5.11 Å². The quantitative estimate of drug-likeness (QED) is 0.772. The highest BCUT2D eigenvalue weighted by Gasteiger charge is 2.85. The van der Waals surface area contributed by atoms with Gasteiger partial charge in [0.1, 0.15) is 0 Å². The summed E-state index contributed by atoms with van der Waals surface area (Å²) in [5, 5.41) is 15.3. The molecule has 6 fully saturated rings. The molecule has 3 nitrogen and oxygen atoms in total. The van der Waals surface area contributed by atoms with E-state index in [1.165, 1.54) is 44.3 Å². The van der Waals surface area contributed by atoms with Crippen LogP contribution in [-0.4, -0.2) is 40.8 Å². The minimum Gasteiger partial charge on any atom is -0.392 e. The summed E-state index contributed by atoms with van der Waals surface area (Å²) in [6.07, 6.45) is 6.54. The largest absolute Gasteiger partial charge is 0.392 e. The maximum Gasteiger partial charge on any atom is 0.0641 e. The highest BCUT2D eigenvalue weighted by Crippen LogP contribution is 2.80. The van der Waals surface area contributed by atoms with Gasteiger partial charge in [-0.25, -0.2) is 0 Å². The Balaban J connectivity index is 1.62. The number of benzene rings is 1. The van der Waals surface area contributed by atoms with Crippen molar-refractivity contribution in [2.24, 2.45) is 17.3 Å². The molecule has 4 saturated carbocycles. The highest BCUT2D eigenvalue weighted by molar-refractivity contribution is 5.70. The summed E-state index contributed by atoms with van der Waals surface area (Å²) < 4.78 is 0. The van der Waals surface area contributed by atoms with E-state index < -0.39 is 0 Å². The number of nitrogens with zero attached hydrogens (tertiary/aromatic N) is 1. The Hall–Kier alpha value is -1.06. The Kier molecular flexibility index (Phi) is 1.79. The van der Waals surface area contributed by atoms with Crippen LogP contribution < -0.4 is 5.32 Å². The van der Waals surface area contributed by atoms with Crippen molar-refractivity contribution in [1.82, 2.24) is 4.90 Å². The summed E-state index contributed by atoms with van der Waals surface area (Å²) in [6, 6.07) is 9.74. The third-order valence-corrected chi connectivity index (χ3v) is 9.08. The third kappa shape index (κ3) is 0.950. The lowest BCUT2D eigenvalue weighted by molar-refractivity contribution is -0.122. The summed E-state index contributed by atoms with van der Waals surface area (Å²) in [5.41, 5.74) is 3.73. The van der Waals surface area contributed by atoms with Gasteiger partial charge in [0.2, 0.25) is 0 Å². The van der Waals surface area contributed by atoms with Gasteiger partial charge in [-0.05, 0) is 55.7 Å². The summed E-state index contributed by atoms with van der Waals surface area (Å²) in [5.74, 6) is 0.902. The van der Waals surface area contributed by atoms with E-state index in [2.05, 4.69) is 34.5 Å². The summed E-state index contributed by atoms with van der Waals surface area (Å²) in [7, 11) is 0. The van der Waals surface area contributed by atoms with Crippen LogP contribution in [0.15, 0.2) is 24.3 Å². The smallest absolute Gasteiger partial charge is 0.0641 e. The van der Waals surface area contributed by atoms with Crippen molar-refractivity contribution in [3.8, 4) is 0 Å². The Labute approximate surface area is 137 Å². The van der Waals surface area contributed by atoms with Crippen molar-refractivity contribution in [3.63, 3.8) is 0 Å². The number of aliphatic hydroxyl groups is 1. The molecule has 3 heterocycles. The van der Waals surface area contributed by atoms with Gasteiger partial charge in [0.25, 0.3) is 0 Å². The van der Waals surface area contributed by atoms with Gasteiger partial charge in [0.15, 0.2) is 0 Å². The van der Waals surface area contributed by atoms with Gasteiger partial charge in [-0.3, -0.25) is 4.90 Å². The first-order valence-corrected chi connectivity index (χ1v) is 9.53. The Morgan fingerprint density at radius 3 is 3.00 bits per heavy atom. The van der Waals surface area contributed by atoms with E-state index in [-0.39, 0.29) is 17.1 Å². The Morgan fingerprint density at radius 2 is 2.04 bits per heavy atom. The molecule has 0 unspecified atom stereocenters. The number of anilines is 1. The molecule has 8 rings (SSSR count). The molecule has 1 aromatic rings. The Morgan fingerprint density at radius 1 is 1.13 bits per heavy atom. The zero-order valence-electron chi connectivity index (χ0n) is 13.5. The van der Waals surface area contributed by atoms with Gasteiger partial charge >= 0.3 is 0 Å². The standard InChI is InChI=1S/C20H24N2O/c23-16-13-10-18-6-3-9-22-11-14(16)20(17(18)22)12-4-1-2-5-15(12)21-19(13,20)8-7-18/h1-2,4-5,13-14,16-17,21,23H,3,6-11H2/t13-,14-,16+,17-,18+,19+,20-/m0/s1. The first-order valence-electron chi connectivity index (χ1n) is 9.53. The molecule has 4 bridgehead atoms. The van der Waals surface area contributed by atoms with Crippen molar-refractivity contribution >= 4 is 5.69 Å². The van der Waals surface area contributed by atoms with Crippen molar-refractivity contribution in [2.45, 2.75) is 55.2 Å². The van der Waals surface area contributed by atoms with Gasteiger partial charge in [-0.15, -0.1) is 0 Å². The first-order chi connectivity index (χ1) is 11.2. The van der Waals surface area contributed by atoms with E-state index >= 15 is 0 Å². The molecule has 3 spiro atoms. The first kappa shape index (κ1) is 12.3. The maximum atomic E-state index is 11.3. The van der Waals surface area contributed by atoms with Gasteiger partial charge in [-0.1, -0.05) is 18.2 Å². The van der Waals surface area contributed by atoms with Gasteiger partial charge in [0.05, 0.1) is 11.6 Å². The summed E-state index contributed by atoms with van der Waals surface area (Å²) >= 11 is 0. The molecular formula is C20H24N2O. The lowest BCUT2D eigenvalue weighted by Crippen LogP contribution is -2.74. The van der Waals surface area contributed by atoms with Crippen molar-refractivity contribution in [1.29, 1.82) is 0 Å². The molecular weight excluding hydrogens is 284 g/mol. The second kappa shape index (κ2) is 3.34. The zero-order chi connectivity index (χ0) is 15.0. The number of nitrogens with one attached hydrogen (secondary N) is 1. The van der Waals surface area contributed by atoms with Crippen LogP contribution in [0, 0.1) is 17.3 Å². The van der Waals surface area contributed by atoms with E-state index in [1.807, 2.05) is 0 Å². The molecule has 7 aliphatic rings. The summed E-state index contributed by atoms with van der Waals surface area (Å²) in [6.45, 7) is 2.38. The molecule has 3 aliphatic heterocycles. The number of rotatable bonds is 0. The van der Waals surface area contributed by atoms with Crippen LogP contribution in [-0.2, 0) is 5.41 Å². The number of fused-ring (bicyclic) bond motifs is 2. The topological polar surface area (TPSA) is 35.5 Å². The lowest BCUT2D eigenvalue weighted by atomic mass is 9.41. The minimum atomic E-state index is -0.108. The van der Waals surface area contributed by atoms with Gasteiger partial charge in [-0.2, -0.15) is 0 Å². The SMILES string of the molecule is O[C@H]1[C@@H]2CN3CCC[C@]45CC[C@@]6(Nc7ccccc7[C@@]26[C@@H]34)[C@H]1C5. The molecule has 7 atom stereocenters. The fraction of sp³-hybridized carbons (Fsp3) is 0.700. The second-order valence-corrected chi connectivity index (χ2v) is 9.28. The lowest BCUT2D eigenvalue weighted by Gasteiger charge is -2.67. The monoisotopic (exact) mass is 308 g/mol. The molecule has 0 amide bonds. The van der Waals surface area contributed by atoms with Crippen LogP contribution in [0.4, 0.5) is 5.69 Å². The van der Waals surface area contributed by atoms with Crippen LogP contribution in [0.3, 0.4) is 0 Å². The average Bonchev–Trinajstić information content (AvgIpc) is 3.13. The average molecular weight is 308 g/mol. The summed E-state index contributed by atoms with van der Waals surface area (Å²) in [4.78, 5) is 2.80. The highest BCUT2D eigenvalue weighted by atomic mass is 16.3. The molecule has 4 aliphatic carbocycles. The minimum absolute atomic E-state index is 0.108. The van der Waals surface area contributed by atoms with Crippen molar-refractivity contribution in [3.05, 3.63) is 29.8 Å². The molecule has 2 saturated heterocycles. The predicted molar refractivity (Wildman–Crippen MR) is 88.3 cm³/mol. The molecule has 23 heavy (non-hydrogen) atoms. The number of para-hydroxylation sites is 1. The fourth-order valence-electron chi connectivity index (χ4n) is 8.87. The molecule has 0 radical (unpaired) electrons. The van der Waals surface area contributed by atoms with E-state index in [1.54, 1.807) is 5.56 Å². The van der Waals surface area contributed by atoms with Crippen LogP contribution in [0.5, 0.6) is 0 Å². The van der Waals surface area contributed by atoms with Gasteiger partial charge < -0.3 is 10.4 Å². The van der Waals surface area contributed by atoms with Crippen LogP contribution >= 0.6 is 0 Å². The third-order valence-electron chi connectivity index (χ3n) is 9.08. The molecule has 2 N–H and O–H groups in total. The van der Waals surface area contributed by atoms with E-state index in [9.17, 15) is 5.11 Å². The van der Waals surface area contributed by atoms with Crippen LogP contribution in [0.1, 0.15) is 37.7 Å². The normalized spacial score (nSPS) is 57.3. The molecule has 3 heteroatoms. The van der Waals surface area contributed by atoms with E-state index in [4.69, 9.17) is 0 Å². The maximum absolute atomic E-state index is 11.3. The van der Waals surface area contributed by atoms with Gasteiger partial charge in [0, 0.05) is 35.5 Å². The predicted octanol–water partition coefficient (Wildman–Crippen LogP) is 2.36. The zero-order valence-corrected chi connectivity index (χ0v) is 13.5. The molecule has 120 valence electrons. The molecule has 1 aromatic carbocycles. The van der Waals surface area contributed by atoms with E-state index in [0.29, 0.717) is 23.3 Å². The number of aliphatic hydroxyl groups excluding tert-OH is 1. The number of piperidine rings is 1.